The van der Waals surface area contributed by atoms with E-state index >= 15 is 0 Å². The summed E-state index contributed by atoms with van der Waals surface area (Å²) in [4.78, 5) is 14.4. The number of amides is 2. The summed E-state index contributed by atoms with van der Waals surface area (Å²) in [5.74, 6) is 0.254. The van der Waals surface area contributed by atoms with Gasteiger partial charge < -0.3 is 15.0 Å². The van der Waals surface area contributed by atoms with Gasteiger partial charge in [-0.1, -0.05) is 13.3 Å². The van der Waals surface area contributed by atoms with E-state index in [2.05, 4.69) is 5.32 Å². The van der Waals surface area contributed by atoms with E-state index in [4.69, 9.17) is 4.74 Å². The molecule has 2 heterocycles. The molecule has 132 valence electrons. The molecular weight excluding hydrogens is 316 g/mol. The average molecular weight is 344 g/mol. The molecule has 0 aromatic carbocycles. The van der Waals surface area contributed by atoms with Crippen LogP contribution in [-0.4, -0.2) is 63.2 Å². The number of carbonyl (C=O) groups is 1. The zero-order valence-electron chi connectivity index (χ0n) is 13.9. The van der Waals surface area contributed by atoms with Crippen molar-refractivity contribution < 1.29 is 17.9 Å². The van der Waals surface area contributed by atoms with Crippen LogP contribution in [0.5, 0.6) is 0 Å². The molecule has 2 amide bonds. The van der Waals surface area contributed by atoms with Gasteiger partial charge in [-0.25, -0.2) is 13.2 Å². The Balaban J connectivity index is 1.64. The van der Waals surface area contributed by atoms with Crippen LogP contribution < -0.4 is 5.32 Å². The minimum Gasteiger partial charge on any atom is -0.381 e. The van der Waals surface area contributed by atoms with Crippen LogP contribution in [0.1, 0.15) is 39.0 Å². The first-order valence-electron chi connectivity index (χ1n) is 8.74. The Bertz CT molecular complexity index is 542. The standard InChI is InChI=1S/C16H28N2O4S/c1-13-11-18(7-10-23(20,21)12-13)15(19)17-14-3-2-4-16(14)5-8-22-9-6-16/h13-14H,2-12H2,1H3,(H,17,19)/t13-,14-/m1/s1. The number of ether oxygens (including phenoxy) is 1. The molecule has 6 nitrogen and oxygen atoms in total. The van der Waals surface area contributed by atoms with Gasteiger partial charge in [0.15, 0.2) is 9.84 Å². The van der Waals surface area contributed by atoms with Gasteiger partial charge in [-0.05, 0) is 37.0 Å². The van der Waals surface area contributed by atoms with Crippen LogP contribution in [0.25, 0.3) is 0 Å². The van der Waals surface area contributed by atoms with Crippen molar-refractivity contribution in [3.8, 4) is 0 Å². The average Bonchev–Trinajstić information content (AvgIpc) is 2.78. The lowest BCUT2D eigenvalue weighted by Gasteiger charge is -2.40. The van der Waals surface area contributed by atoms with E-state index in [0.29, 0.717) is 13.1 Å². The van der Waals surface area contributed by atoms with Crippen molar-refractivity contribution >= 4 is 15.9 Å². The van der Waals surface area contributed by atoms with Crippen molar-refractivity contribution in [3.63, 3.8) is 0 Å². The van der Waals surface area contributed by atoms with Crippen molar-refractivity contribution in [1.82, 2.24) is 10.2 Å². The molecule has 2 saturated heterocycles. The minimum atomic E-state index is -3.03. The van der Waals surface area contributed by atoms with Crippen LogP contribution in [-0.2, 0) is 14.6 Å². The third-order valence-electron chi connectivity index (χ3n) is 5.72. The summed E-state index contributed by atoms with van der Waals surface area (Å²) in [6.07, 6.45) is 5.36. The maximum Gasteiger partial charge on any atom is 0.317 e. The highest BCUT2D eigenvalue weighted by Crippen LogP contribution is 2.46. The molecule has 2 aliphatic heterocycles. The van der Waals surface area contributed by atoms with E-state index in [-0.39, 0.29) is 34.9 Å². The van der Waals surface area contributed by atoms with Gasteiger partial charge in [0, 0.05) is 32.3 Å². The summed E-state index contributed by atoms with van der Waals surface area (Å²) in [5, 5.41) is 3.22. The van der Waals surface area contributed by atoms with Gasteiger partial charge >= 0.3 is 6.03 Å². The molecule has 0 aromatic rings. The monoisotopic (exact) mass is 344 g/mol. The van der Waals surface area contributed by atoms with Gasteiger partial charge in [-0.2, -0.15) is 0 Å². The maximum atomic E-state index is 12.7. The number of hydrogen-bond donors (Lipinski definition) is 1. The number of carbonyl (C=O) groups excluding carboxylic acids is 1. The molecule has 0 bridgehead atoms. The molecule has 1 spiro atoms. The van der Waals surface area contributed by atoms with Gasteiger partial charge in [-0.15, -0.1) is 0 Å². The Kier molecular flexibility index (Phi) is 4.88. The van der Waals surface area contributed by atoms with Crippen molar-refractivity contribution in [3.05, 3.63) is 0 Å². The quantitative estimate of drug-likeness (QED) is 0.780. The predicted molar refractivity (Wildman–Crippen MR) is 88.0 cm³/mol. The smallest absolute Gasteiger partial charge is 0.317 e. The molecule has 1 N–H and O–H groups in total. The predicted octanol–water partition coefficient (Wildman–Crippen LogP) is 1.41. The molecular formula is C16H28N2O4S. The van der Waals surface area contributed by atoms with Crippen molar-refractivity contribution in [2.24, 2.45) is 11.3 Å². The van der Waals surface area contributed by atoms with Crippen LogP contribution >= 0.6 is 0 Å². The minimum absolute atomic E-state index is 0.00568. The van der Waals surface area contributed by atoms with Gasteiger partial charge in [-0.3, -0.25) is 0 Å². The topological polar surface area (TPSA) is 75.7 Å². The highest BCUT2D eigenvalue weighted by Gasteiger charge is 2.45. The summed E-state index contributed by atoms with van der Waals surface area (Å²) in [6.45, 7) is 4.30. The fourth-order valence-corrected chi connectivity index (χ4v) is 6.09. The fourth-order valence-electron chi connectivity index (χ4n) is 4.45. The van der Waals surface area contributed by atoms with Crippen molar-refractivity contribution in [2.45, 2.75) is 45.1 Å². The molecule has 23 heavy (non-hydrogen) atoms. The second-order valence-corrected chi connectivity index (χ2v) is 9.76. The van der Waals surface area contributed by atoms with Crippen LogP contribution in [0.4, 0.5) is 4.79 Å². The summed E-state index contributed by atoms with van der Waals surface area (Å²) < 4.78 is 29.2. The molecule has 1 aliphatic carbocycles. The third kappa shape index (κ3) is 3.82. The Morgan fingerprint density at radius 1 is 1.26 bits per heavy atom. The van der Waals surface area contributed by atoms with E-state index in [9.17, 15) is 13.2 Å². The zero-order valence-corrected chi connectivity index (χ0v) is 14.7. The number of nitrogens with one attached hydrogen (secondary N) is 1. The van der Waals surface area contributed by atoms with Gasteiger partial charge in [0.25, 0.3) is 0 Å². The van der Waals surface area contributed by atoms with Gasteiger partial charge in [0.1, 0.15) is 0 Å². The highest BCUT2D eigenvalue weighted by atomic mass is 32.2. The lowest BCUT2D eigenvalue weighted by Crippen LogP contribution is -2.52. The maximum absolute atomic E-state index is 12.7. The molecule has 0 aromatic heterocycles. The molecule has 0 radical (unpaired) electrons. The zero-order chi connectivity index (χ0) is 16.5. The van der Waals surface area contributed by atoms with Crippen molar-refractivity contribution in [2.75, 3.05) is 37.8 Å². The first-order valence-corrected chi connectivity index (χ1v) is 10.6. The Labute approximate surface area is 138 Å². The lowest BCUT2D eigenvalue weighted by atomic mass is 9.75. The van der Waals surface area contributed by atoms with E-state index in [1.807, 2.05) is 6.92 Å². The summed E-state index contributed by atoms with van der Waals surface area (Å²) >= 11 is 0. The number of rotatable bonds is 1. The van der Waals surface area contributed by atoms with Crippen LogP contribution in [0.3, 0.4) is 0 Å². The molecule has 3 rings (SSSR count). The van der Waals surface area contributed by atoms with E-state index in [1.54, 1.807) is 4.90 Å². The normalized spacial score (nSPS) is 33.3. The summed E-state index contributed by atoms with van der Waals surface area (Å²) in [5.41, 5.74) is 0.192. The third-order valence-corrected chi connectivity index (χ3v) is 7.60. The first kappa shape index (κ1) is 17.0. The number of urea groups is 1. The molecule has 3 aliphatic rings. The van der Waals surface area contributed by atoms with E-state index in [0.717, 1.165) is 45.3 Å². The molecule has 1 saturated carbocycles. The largest absolute Gasteiger partial charge is 0.381 e. The molecule has 3 fully saturated rings. The molecule has 0 unspecified atom stereocenters. The molecule has 7 heteroatoms. The second kappa shape index (κ2) is 6.59. The SMILES string of the molecule is C[C@@H]1CN(C(=O)N[C@@H]2CCCC23CCOCC3)CCS(=O)(=O)C1. The van der Waals surface area contributed by atoms with Crippen LogP contribution in [0.2, 0.25) is 0 Å². The summed E-state index contributed by atoms with van der Waals surface area (Å²) in [6, 6.07) is 0.112. The van der Waals surface area contributed by atoms with Crippen LogP contribution in [0.15, 0.2) is 0 Å². The van der Waals surface area contributed by atoms with Gasteiger partial charge in [0.05, 0.1) is 11.5 Å². The van der Waals surface area contributed by atoms with E-state index < -0.39 is 9.84 Å². The fraction of sp³-hybridized carbons (Fsp3) is 0.938. The van der Waals surface area contributed by atoms with Crippen LogP contribution in [0, 0.1) is 11.3 Å². The van der Waals surface area contributed by atoms with Gasteiger partial charge in [0.2, 0.25) is 0 Å². The second-order valence-electron chi connectivity index (χ2n) is 7.53. The Morgan fingerprint density at radius 2 is 2.00 bits per heavy atom. The Hall–Kier alpha value is -0.820. The molecule has 2 atom stereocenters. The number of hydrogen-bond acceptors (Lipinski definition) is 4. The van der Waals surface area contributed by atoms with E-state index in [1.165, 1.54) is 0 Å². The summed E-state index contributed by atoms with van der Waals surface area (Å²) in [7, 11) is -3.03. The Morgan fingerprint density at radius 3 is 2.74 bits per heavy atom. The van der Waals surface area contributed by atoms with Crippen molar-refractivity contribution in [1.29, 1.82) is 0 Å². The first-order chi connectivity index (χ1) is 10.9. The highest BCUT2D eigenvalue weighted by molar-refractivity contribution is 7.91. The number of sulfone groups is 1. The lowest BCUT2D eigenvalue weighted by molar-refractivity contribution is 0.00543. The number of nitrogens with zero attached hydrogens (tertiary/aromatic N) is 1.